The smallest absolute Gasteiger partial charge is 0.196 e. The van der Waals surface area contributed by atoms with Gasteiger partial charge in [0, 0.05) is 16.0 Å². The maximum Gasteiger partial charge on any atom is 0.196 e. The summed E-state index contributed by atoms with van der Waals surface area (Å²) in [6.45, 7) is 5.62. The van der Waals surface area contributed by atoms with Gasteiger partial charge in [-0.2, -0.15) is 0 Å². The maximum absolute atomic E-state index is 13.2. The molecule has 5 heteroatoms. The number of ether oxygens (including phenoxy) is 1. The van der Waals surface area contributed by atoms with Crippen LogP contribution in [0.2, 0.25) is 0 Å². The van der Waals surface area contributed by atoms with E-state index in [-0.39, 0.29) is 29.0 Å². The van der Waals surface area contributed by atoms with Crippen molar-refractivity contribution in [3.8, 4) is 17.1 Å². The fraction of sp³-hybridized carbons (Fsp3) is 0.0769. The van der Waals surface area contributed by atoms with Gasteiger partial charge in [-0.15, -0.1) is 11.3 Å². The predicted octanol–water partition coefficient (Wildman–Crippen LogP) is 6.29. The Hall–Kier alpha value is -3.70. The molecule has 0 fully saturated rings. The van der Waals surface area contributed by atoms with E-state index in [0.29, 0.717) is 22.5 Å². The van der Waals surface area contributed by atoms with Crippen molar-refractivity contribution in [1.82, 2.24) is 0 Å². The highest BCUT2D eigenvalue weighted by Gasteiger charge is 2.21. The molecule has 4 aromatic rings. The van der Waals surface area contributed by atoms with E-state index in [1.807, 2.05) is 47.8 Å². The van der Waals surface area contributed by atoms with Crippen LogP contribution in [-0.4, -0.2) is 12.4 Å². The van der Waals surface area contributed by atoms with E-state index < -0.39 is 0 Å². The average molecular weight is 429 g/mol. The third-order valence-electron chi connectivity index (χ3n) is 4.83. The van der Waals surface area contributed by atoms with Gasteiger partial charge in [0.25, 0.3) is 0 Å². The van der Waals surface area contributed by atoms with Crippen molar-refractivity contribution >= 4 is 34.2 Å². The number of carbonyl (C=O) groups is 1. The normalized spacial score (nSPS) is 11.1. The monoisotopic (exact) mass is 428 g/mol. The minimum atomic E-state index is -0.302. The lowest BCUT2D eigenvalue weighted by atomic mass is 10.0. The summed E-state index contributed by atoms with van der Waals surface area (Å²) in [5.41, 5.74) is 1.53. The Balaban J connectivity index is 1.95. The van der Waals surface area contributed by atoms with Crippen molar-refractivity contribution in [1.29, 1.82) is 0 Å². The third-order valence-corrected chi connectivity index (χ3v) is 5.67. The van der Waals surface area contributed by atoms with E-state index in [1.165, 1.54) is 17.4 Å². The number of ketones is 1. The molecule has 0 atom stereocenters. The zero-order valence-corrected chi connectivity index (χ0v) is 17.8. The highest BCUT2D eigenvalue weighted by molar-refractivity contribution is 7.10. The quantitative estimate of drug-likeness (QED) is 0.197. The second kappa shape index (κ2) is 8.98. The molecule has 0 aliphatic heterocycles. The molecular weight excluding hydrogens is 408 g/mol. The first-order valence-electron chi connectivity index (χ1n) is 9.75. The van der Waals surface area contributed by atoms with Crippen molar-refractivity contribution in [3.63, 3.8) is 0 Å². The molecule has 0 bridgehead atoms. The first kappa shape index (κ1) is 20.6. The van der Waals surface area contributed by atoms with Crippen molar-refractivity contribution in [2.75, 3.05) is 6.61 Å². The zero-order valence-electron chi connectivity index (χ0n) is 17.0. The summed E-state index contributed by atoms with van der Waals surface area (Å²) >= 11 is 1.53. The zero-order chi connectivity index (χ0) is 21.8. The lowest BCUT2D eigenvalue weighted by Crippen LogP contribution is -2.11. The van der Waals surface area contributed by atoms with E-state index >= 15 is 0 Å². The molecule has 0 saturated carbocycles. The van der Waals surface area contributed by atoms with Crippen LogP contribution in [0, 0.1) is 6.92 Å². The molecular formula is C26H20O4S. The van der Waals surface area contributed by atoms with Gasteiger partial charge in [0.2, 0.25) is 0 Å². The van der Waals surface area contributed by atoms with E-state index in [1.54, 1.807) is 31.2 Å². The van der Waals surface area contributed by atoms with Gasteiger partial charge in [-0.25, -0.2) is 0 Å². The van der Waals surface area contributed by atoms with Gasteiger partial charge in [0.1, 0.15) is 23.7 Å². The second-order valence-electron chi connectivity index (χ2n) is 6.88. The van der Waals surface area contributed by atoms with Crippen molar-refractivity contribution in [2.24, 2.45) is 0 Å². The molecule has 31 heavy (non-hydrogen) atoms. The van der Waals surface area contributed by atoms with Crippen LogP contribution in [-0.2, 0) is 0 Å². The summed E-state index contributed by atoms with van der Waals surface area (Å²) in [5, 5.41) is 2.28. The van der Waals surface area contributed by atoms with E-state index in [4.69, 9.17) is 9.15 Å². The Morgan fingerprint density at radius 1 is 1.13 bits per heavy atom. The van der Waals surface area contributed by atoms with Gasteiger partial charge >= 0.3 is 0 Å². The predicted molar refractivity (Wildman–Crippen MR) is 126 cm³/mol. The van der Waals surface area contributed by atoms with Gasteiger partial charge in [-0.1, -0.05) is 49.1 Å². The van der Waals surface area contributed by atoms with E-state index in [0.717, 1.165) is 10.4 Å². The molecule has 2 aromatic heterocycles. The summed E-state index contributed by atoms with van der Waals surface area (Å²) < 4.78 is 11.9. The molecule has 0 aliphatic carbocycles. The Labute approximate surface area is 183 Å². The Bertz CT molecular complexity index is 1330. The summed E-state index contributed by atoms with van der Waals surface area (Å²) in [5.74, 6) is 0.485. The molecule has 0 aliphatic rings. The van der Waals surface area contributed by atoms with Crippen LogP contribution < -0.4 is 10.2 Å². The summed E-state index contributed by atoms with van der Waals surface area (Å²) in [7, 11) is 0. The van der Waals surface area contributed by atoms with Gasteiger partial charge < -0.3 is 9.15 Å². The van der Waals surface area contributed by atoms with E-state index in [2.05, 4.69) is 6.58 Å². The van der Waals surface area contributed by atoms with Crippen molar-refractivity contribution in [3.05, 3.63) is 105 Å². The molecule has 0 unspecified atom stereocenters. The topological polar surface area (TPSA) is 56.5 Å². The highest BCUT2D eigenvalue weighted by Crippen LogP contribution is 2.32. The van der Waals surface area contributed by atoms with Crippen LogP contribution in [0.1, 0.15) is 20.8 Å². The van der Waals surface area contributed by atoms with Crippen molar-refractivity contribution in [2.45, 2.75) is 6.92 Å². The number of hydrogen-bond donors (Lipinski definition) is 0. The largest absolute Gasteiger partial charge is 0.489 e. The molecule has 0 spiro atoms. The fourth-order valence-corrected chi connectivity index (χ4v) is 3.95. The molecule has 4 nitrogen and oxygen atoms in total. The van der Waals surface area contributed by atoms with Gasteiger partial charge in [-0.05, 0) is 42.7 Å². The standard InChI is InChI=1S/C26H20O4S/c1-3-15-29-22-14-12-20-24(28)17(2)25(18-8-5-4-6-9-18)30-26(20)23(22)21(27)13-11-19-10-7-16-31-19/h3-14,16H,1,15H2,2H3/b13-11+. The summed E-state index contributed by atoms with van der Waals surface area (Å²) in [4.78, 5) is 27.3. The lowest BCUT2D eigenvalue weighted by Gasteiger charge is -2.13. The van der Waals surface area contributed by atoms with Gasteiger partial charge in [-0.3, -0.25) is 9.59 Å². The third kappa shape index (κ3) is 4.13. The first-order valence-corrected chi connectivity index (χ1v) is 10.6. The molecule has 4 rings (SSSR count). The molecule has 2 aromatic carbocycles. The van der Waals surface area contributed by atoms with Crippen LogP contribution in [0.5, 0.6) is 5.75 Å². The number of rotatable bonds is 7. The molecule has 0 radical (unpaired) electrons. The number of hydrogen-bond acceptors (Lipinski definition) is 5. The van der Waals surface area contributed by atoms with Gasteiger partial charge in [0.05, 0.1) is 5.39 Å². The number of carbonyl (C=O) groups excluding carboxylic acids is 1. The fourth-order valence-electron chi connectivity index (χ4n) is 3.33. The number of allylic oxidation sites excluding steroid dienone is 1. The molecule has 2 heterocycles. The van der Waals surface area contributed by atoms with Gasteiger partial charge in [0.15, 0.2) is 16.8 Å². The number of fused-ring (bicyclic) bond motifs is 1. The second-order valence-corrected chi connectivity index (χ2v) is 7.86. The SMILES string of the molecule is C=CCOc1ccc2c(=O)c(C)c(-c3ccccc3)oc2c1C(=O)/C=C/c1cccs1. The van der Waals surface area contributed by atoms with Crippen LogP contribution in [0.25, 0.3) is 28.4 Å². The van der Waals surface area contributed by atoms with Crippen molar-refractivity contribution < 1.29 is 13.9 Å². The van der Waals surface area contributed by atoms with Crippen LogP contribution in [0.3, 0.4) is 0 Å². The Morgan fingerprint density at radius 2 is 1.94 bits per heavy atom. The molecule has 0 saturated heterocycles. The number of thiophene rings is 1. The summed E-state index contributed by atoms with van der Waals surface area (Å²) in [6, 6.07) is 16.5. The number of benzene rings is 2. The minimum absolute atomic E-state index is 0.174. The highest BCUT2D eigenvalue weighted by atomic mass is 32.1. The van der Waals surface area contributed by atoms with Crippen LogP contribution in [0.4, 0.5) is 0 Å². The maximum atomic E-state index is 13.2. The molecule has 0 amide bonds. The molecule has 0 N–H and O–H groups in total. The Kier molecular flexibility index (Phi) is 5.96. The van der Waals surface area contributed by atoms with E-state index in [9.17, 15) is 9.59 Å². The Morgan fingerprint density at radius 3 is 2.65 bits per heavy atom. The van der Waals surface area contributed by atoms with Crippen LogP contribution >= 0.6 is 11.3 Å². The minimum Gasteiger partial charge on any atom is -0.489 e. The van der Waals surface area contributed by atoms with Crippen LogP contribution in [0.15, 0.2) is 87.9 Å². The average Bonchev–Trinajstić information content (AvgIpc) is 3.32. The lowest BCUT2D eigenvalue weighted by molar-refractivity contribution is 0.104. The molecule has 154 valence electrons. The first-order chi connectivity index (χ1) is 15.1. The summed E-state index contributed by atoms with van der Waals surface area (Å²) in [6.07, 6.45) is 4.82.